The molecule has 1 aromatic heterocycles. The smallest absolute Gasteiger partial charge is 0.133 e. The van der Waals surface area contributed by atoms with E-state index in [0.29, 0.717) is 0 Å². The van der Waals surface area contributed by atoms with E-state index in [9.17, 15) is 0 Å². The topological polar surface area (TPSA) is 29.3 Å². The fourth-order valence-corrected chi connectivity index (χ4v) is 9.18. The van der Waals surface area contributed by atoms with E-state index in [2.05, 4.69) is 180 Å². The number of hydrogen-bond acceptors (Lipinski definition) is 2. The van der Waals surface area contributed by atoms with E-state index in [4.69, 9.17) is 4.99 Å². The van der Waals surface area contributed by atoms with Crippen LogP contribution in [-0.4, -0.2) is 10.4 Å². The quantitative estimate of drug-likeness (QED) is 0.197. The summed E-state index contributed by atoms with van der Waals surface area (Å²) in [5, 5.41) is 11.7. The van der Waals surface area contributed by atoms with Gasteiger partial charge in [-0.3, -0.25) is 4.99 Å². The van der Waals surface area contributed by atoms with Gasteiger partial charge in [-0.25, -0.2) is 0 Å². The van der Waals surface area contributed by atoms with Crippen molar-refractivity contribution >= 4 is 60.8 Å². The van der Waals surface area contributed by atoms with Gasteiger partial charge in [0.1, 0.15) is 5.84 Å². The highest BCUT2D eigenvalue weighted by Gasteiger charge is 2.30. The molecular weight excluding hydrogens is 643 g/mol. The van der Waals surface area contributed by atoms with Crippen LogP contribution in [0.15, 0.2) is 175 Å². The maximum atomic E-state index is 5.31. The molecule has 0 saturated carbocycles. The van der Waals surface area contributed by atoms with Gasteiger partial charge in [0.05, 0.1) is 23.1 Å². The van der Waals surface area contributed by atoms with Gasteiger partial charge in [-0.15, -0.1) is 0 Å². The fraction of sp³-hybridized carbons (Fsp3) is 0.100. The Morgan fingerprint density at radius 2 is 1.42 bits per heavy atom. The lowest BCUT2D eigenvalue weighted by Gasteiger charge is -2.31. The summed E-state index contributed by atoms with van der Waals surface area (Å²) >= 11 is 0. The molecule has 3 heteroatoms. The molecule has 0 radical (unpaired) electrons. The number of nitrogens with one attached hydrogen (secondary N) is 1. The third kappa shape index (κ3) is 4.84. The summed E-state index contributed by atoms with van der Waals surface area (Å²) in [6.07, 6.45) is 12.5. The molecule has 0 saturated heterocycles. The van der Waals surface area contributed by atoms with Crippen LogP contribution in [0.3, 0.4) is 0 Å². The number of nitrogens with zero attached hydrogens (tertiary/aromatic N) is 2. The summed E-state index contributed by atoms with van der Waals surface area (Å²) in [6, 6.07) is 53.3. The Morgan fingerprint density at radius 1 is 0.660 bits per heavy atom. The molecule has 11 rings (SSSR count). The number of benzene rings is 7. The van der Waals surface area contributed by atoms with E-state index in [0.717, 1.165) is 36.4 Å². The lowest BCUT2D eigenvalue weighted by Crippen LogP contribution is -2.30. The zero-order chi connectivity index (χ0) is 34.9. The Balaban J connectivity index is 1.07. The molecule has 2 atom stereocenters. The van der Waals surface area contributed by atoms with Crippen molar-refractivity contribution in [2.45, 2.75) is 31.3 Å². The first-order valence-corrected chi connectivity index (χ1v) is 18.8. The Kier molecular flexibility index (Phi) is 6.88. The lowest BCUT2D eigenvalue weighted by molar-refractivity contribution is 0.622. The largest absolute Gasteiger partial charge is 0.340 e. The third-order valence-electron chi connectivity index (χ3n) is 11.6. The molecule has 252 valence electrons. The van der Waals surface area contributed by atoms with Crippen molar-refractivity contribution in [1.29, 1.82) is 0 Å². The highest BCUT2D eigenvalue weighted by atomic mass is 15.1. The van der Waals surface area contributed by atoms with Crippen molar-refractivity contribution < 1.29 is 0 Å². The first-order chi connectivity index (χ1) is 26.3. The number of allylic oxidation sites excluding steroid dienone is 3. The first-order valence-electron chi connectivity index (χ1n) is 18.8. The molecule has 2 aliphatic carbocycles. The normalized spacial score (nSPS) is 18.0. The van der Waals surface area contributed by atoms with Crippen molar-refractivity contribution in [3.8, 4) is 0 Å². The van der Waals surface area contributed by atoms with E-state index >= 15 is 0 Å². The maximum Gasteiger partial charge on any atom is 0.133 e. The third-order valence-corrected chi connectivity index (χ3v) is 11.6. The van der Waals surface area contributed by atoms with Gasteiger partial charge in [-0.05, 0) is 92.9 Å². The zero-order valence-electron chi connectivity index (χ0n) is 29.3. The van der Waals surface area contributed by atoms with E-state index < -0.39 is 0 Å². The van der Waals surface area contributed by atoms with Crippen LogP contribution in [0, 0.1) is 0 Å². The number of aliphatic imine (C=N–C) groups is 1. The van der Waals surface area contributed by atoms with Gasteiger partial charge < -0.3 is 9.88 Å². The molecule has 1 aliphatic heterocycles. The van der Waals surface area contributed by atoms with Gasteiger partial charge in [-0.1, -0.05) is 146 Å². The standard InChI is InChI=1S/C50H37N3/c1-2-15-35(16-3-1)43-31-44(52-50(51-43)37-23-22-32-12-4-5-17-36(32)30-37)41-26-29-45(42-21-11-10-20-40(41)42)53-46-27-24-33-13-6-8-18-38(33)48(46)49-39-19-9-7-14-34(39)25-28-47(49)53/h1-8,10-18,20-28,30-31,43,45H,9,19,29H2,(H,51,52). The SMILES string of the molecule is C1=Cc2ccc3c(c2CC1)c1c2ccccc2ccc1n3C1CC=C(C2=CC(c3ccccc3)N=C(c3ccc4ccccc4c3)N2)c2ccccc21. The zero-order valence-corrected chi connectivity index (χ0v) is 29.3. The van der Waals surface area contributed by atoms with Gasteiger partial charge in [-0.2, -0.15) is 0 Å². The van der Waals surface area contributed by atoms with Gasteiger partial charge in [0.25, 0.3) is 0 Å². The van der Waals surface area contributed by atoms with Crippen molar-refractivity contribution in [2.75, 3.05) is 0 Å². The molecule has 0 amide bonds. The van der Waals surface area contributed by atoms with Crippen LogP contribution >= 0.6 is 0 Å². The van der Waals surface area contributed by atoms with Gasteiger partial charge in [0, 0.05) is 27.6 Å². The van der Waals surface area contributed by atoms with Crippen LogP contribution in [0.4, 0.5) is 0 Å². The lowest BCUT2D eigenvalue weighted by atomic mass is 9.84. The molecule has 2 unspecified atom stereocenters. The second-order valence-electron chi connectivity index (χ2n) is 14.6. The van der Waals surface area contributed by atoms with Crippen LogP contribution in [0.5, 0.6) is 0 Å². The summed E-state index contributed by atoms with van der Waals surface area (Å²) in [7, 11) is 0. The molecule has 0 spiro atoms. The number of aryl methyl sites for hydroxylation is 1. The van der Waals surface area contributed by atoms with Crippen LogP contribution in [0.2, 0.25) is 0 Å². The van der Waals surface area contributed by atoms with Crippen molar-refractivity contribution in [2.24, 2.45) is 4.99 Å². The first kappa shape index (κ1) is 30.2. The summed E-state index contributed by atoms with van der Waals surface area (Å²) in [6.45, 7) is 0. The Morgan fingerprint density at radius 3 is 2.34 bits per heavy atom. The summed E-state index contributed by atoms with van der Waals surface area (Å²) in [5.41, 5.74) is 12.7. The van der Waals surface area contributed by atoms with Gasteiger partial charge in [0.2, 0.25) is 0 Å². The molecular formula is C50H37N3. The van der Waals surface area contributed by atoms with E-state index in [1.807, 2.05) is 0 Å². The predicted molar refractivity (Wildman–Crippen MR) is 222 cm³/mol. The predicted octanol–water partition coefficient (Wildman–Crippen LogP) is 12.1. The monoisotopic (exact) mass is 679 g/mol. The number of hydrogen-bond donors (Lipinski definition) is 1. The molecule has 53 heavy (non-hydrogen) atoms. The van der Waals surface area contributed by atoms with Crippen LogP contribution in [0.1, 0.15) is 58.3 Å². The molecule has 7 aromatic carbocycles. The Bertz CT molecular complexity index is 2900. The van der Waals surface area contributed by atoms with Crippen molar-refractivity contribution in [3.63, 3.8) is 0 Å². The number of rotatable bonds is 4. The van der Waals surface area contributed by atoms with E-state index in [-0.39, 0.29) is 12.1 Å². The fourth-order valence-electron chi connectivity index (χ4n) is 9.18. The maximum absolute atomic E-state index is 5.31. The van der Waals surface area contributed by atoms with Crippen LogP contribution < -0.4 is 5.32 Å². The van der Waals surface area contributed by atoms with Gasteiger partial charge in [0.15, 0.2) is 0 Å². The molecule has 3 aliphatic rings. The van der Waals surface area contributed by atoms with E-state index in [1.165, 1.54) is 76.7 Å². The minimum Gasteiger partial charge on any atom is -0.340 e. The number of amidine groups is 1. The van der Waals surface area contributed by atoms with Crippen LogP contribution in [-0.2, 0) is 6.42 Å². The molecule has 1 N–H and O–H groups in total. The molecule has 0 bridgehead atoms. The molecule has 0 fully saturated rings. The Hall–Kier alpha value is -6.45. The average molecular weight is 680 g/mol. The van der Waals surface area contributed by atoms with Gasteiger partial charge >= 0.3 is 0 Å². The van der Waals surface area contributed by atoms with Crippen LogP contribution in [0.25, 0.3) is 55.0 Å². The highest BCUT2D eigenvalue weighted by molar-refractivity contribution is 6.22. The van der Waals surface area contributed by atoms with Crippen molar-refractivity contribution in [3.05, 3.63) is 203 Å². The molecule has 2 heterocycles. The number of aromatic nitrogens is 1. The van der Waals surface area contributed by atoms with E-state index in [1.54, 1.807) is 0 Å². The minimum atomic E-state index is -0.106. The minimum absolute atomic E-state index is 0.106. The second-order valence-corrected chi connectivity index (χ2v) is 14.6. The summed E-state index contributed by atoms with van der Waals surface area (Å²) in [5.74, 6) is 0.899. The highest BCUT2D eigenvalue weighted by Crippen LogP contribution is 2.46. The summed E-state index contributed by atoms with van der Waals surface area (Å²) in [4.78, 5) is 5.31. The molecule has 3 nitrogen and oxygen atoms in total. The number of fused-ring (bicyclic) bond motifs is 9. The second kappa shape index (κ2) is 12.1. The molecule has 8 aromatic rings. The Labute approximate surface area is 308 Å². The van der Waals surface area contributed by atoms with Crippen molar-refractivity contribution in [1.82, 2.24) is 9.88 Å². The summed E-state index contributed by atoms with van der Waals surface area (Å²) < 4.78 is 2.65. The average Bonchev–Trinajstić information content (AvgIpc) is 3.58.